The number of nitrogens with one attached hydrogen (secondary N) is 1. The highest BCUT2D eigenvalue weighted by atomic mass is 16.1. The molecule has 0 spiro atoms. The van der Waals surface area contributed by atoms with Gasteiger partial charge in [0.15, 0.2) is 0 Å². The van der Waals surface area contributed by atoms with Crippen LogP contribution in [0.1, 0.15) is 0 Å². The highest BCUT2D eigenvalue weighted by molar-refractivity contribution is 5.90. The lowest BCUT2D eigenvalue weighted by Gasteiger charge is -1.98. The molecule has 0 aromatic carbocycles. The fourth-order valence-corrected chi connectivity index (χ4v) is 1.80. The van der Waals surface area contributed by atoms with Gasteiger partial charge in [-0.2, -0.15) is 0 Å². The number of hydrogen-bond donors (Lipinski definition) is 1. The lowest BCUT2D eigenvalue weighted by molar-refractivity contribution is 0.840. The van der Waals surface area contributed by atoms with Crippen LogP contribution in [-0.2, 0) is 7.05 Å². The quantitative estimate of drug-likeness (QED) is 0.680. The number of aryl methyl sites for hydroxylation is 1. The second-order valence-electron chi connectivity index (χ2n) is 3.80. The van der Waals surface area contributed by atoms with Gasteiger partial charge >= 0.3 is 0 Å². The van der Waals surface area contributed by atoms with Crippen molar-refractivity contribution in [3.63, 3.8) is 0 Å². The van der Waals surface area contributed by atoms with Crippen LogP contribution in [0.2, 0.25) is 0 Å². The van der Waals surface area contributed by atoms with Crippen molar-refractivity contribution in [1.82, 2.24) is 19.5 Å². The van der Waals surface area contributed by atoms with E-state index in [2.05, 4.69) is 15.0 Å². The Labute approximate surface area is 96.8 Å². The minimum Gasteiger partial charge on any atom is -0.355 e. The monoisotopic (exact) mass is 226 g/mol. The zero-order valence-corrected chi connectivity index (χ0v) is 9.21. The SMILES string of the molecule is Cn1cnc2c(-c3ccccn3)c[nH]c2c1=O. The van der Waals surface area contributed by atoms with Gasteiger partial charge in [0.2, 0.25) is 0 Å². The molecule has 0 saturated carbocycles. The fraction of sp³-hybridized carbons (Fsp3) is 0.0833. The van der Waals surface area contributed by atoms with Crippen molar-refractivity contribution < 1.29 is 0 Å². The molecule has 3 aromatic heterocycles. The van der Waals surface area contributed by atoms with Crippen LogP contribution in [0.15, 0.2) is 41.7 Å². The summed E-state index contributed by atoms with van der Waals surface area (Å²) in [4.78, 5) is 23.3. The van der Waals surface area contributed by atoms with E-state index < -0.39 is 0 Å². The van der Waals surface area contributed by atoms with Crippen LogP contribution in [0.25, 0.3) is 22.3 Å². The molecule has 0 unspecified atom stereocenters. The first-order valence-electron chi connectivity index (χ1n) is 5.21. The lowest BCUT2D eigenvalue weighted by Crippen LogP contribution is -2.16. The van der Waals surface area contributed by atoms with Crippen molar-refractivity contribution in [2.75, 3.05) is 0 Å². The molecular formula is C12H10N4O. The van der Waals surface area contributed by atoms with Gasteiger partial charge < -0.3 is 9.55 Å². The van der Waals surface area contributed by atoms with Crippen molar-refractivity contribution in [3.8, 4) is 11.3 Å². The Morgan fingerprint density at radius 1 is 1.29 bits per heavy atom. The van der Waals surface area contributed by atoms with Crippen LogP contribution >= 0.6 is 0 Å². The zero-order chi connectivity index (χ0) is 11.8. The van der Waals surface area contributed by atoms with Crippen LogP contribution in [-0.4, -0.2) is 19.5 Å². The number of aromatic amines is 1. The van der Waals surface area contributed by atoms with Crippen molar-refractivity contribution >= 4 is 11.0 Å². The maximum atomic E-state index is 11.8. The standard InChI is InChI=1S/C12H10N4O/c1-16-7-15-10-8(6-14-11(10)12(16)17)9-4-2-3-5-13-9/h2-7,14H,1H3. The Hall–Kier alpha value is -2.43. The fourth-order valence-electron chi connectivity index (χ4n) is 1.80. The van der Waals surface area contributed by atoms with Crippen molar-refractivity contribution in [1.29, 1.82) is 0 Å². The number of hydrogen-bond acceptors (Lipinski definition) is 3. The van der Waals surface area contributed by atoms with Gasteiger partial charge in [0, 0.05) is 25.0 Å². The van der Waals surface area contributed by atoms with E-state index >= 15 is 0 Å². The maximum Gasteiger partial charge on any atom is 0.277 e. The summed E-state index contributed by atoms with van der Waals surface area (Å²) >= 11 is 0. The molecule has 17 heavy (non-hydrogen) atoms. The summed E-state index contributed by atoms with van der Waals surface area (Å²) in [6, 6.07) is 5.65. The van der Waals surface area contributed by atoms with Gasteiger partial charge in [0.25, 0.3) is 5.56 Å². The molecular weight excluding hydrogens is 216 g/mol. The Balaban J connectivity index is 2.34. The van der Waals surface area contributed by atoms with Gasteiger partial charge in [-0.3, -0.25) is 9.78 Å². The number of rotatable bonds is 1. The van der Waals surface area contributed by atoms with Crippen LogP contribution in [0.4, 0.5) is 0 Å². The number of aromatic nitrogens is 4. The molecule has 3 rings (SSSR count). The third-order valence-corrected chi connectivity index (χ3v) is 2.69. The maximum absolute atomic E-state index is 11.8. The van der Waals surface area contributed by atoms with Gasteiger partial charge in [0.1, 0.15) is 11.0 Å². The molecule has 5 heteroatoms. The average molecular weight is 226 g/mol. The molecule has 0 radical (unpaired) electrons. The molecule has 0 aliphatic carbocycles. The van der Waals surface area contributed by atoms with Crippen LogP contribution in [0.5, 0.6) is 0 Å². The first-order valence-corrected chi connectivity index (χ1v) is 5.21. The Morgan fingerprint density at radius 2 is 2.18 bits per heavy atom. The van der Waals surface area contributed by atoms with E-state index in [9.17, 15) is 4.79 Å². The van der Waals surface area contributed by atoms with Crippen molar-refractivity contribution in [2.24, 2.45) is 7.05 Å². The van der Waals surface area contributed by atoms with E-state index in [1.807, 2.05) is 18.2 Å². The van der Waals surface area contributed by atoms with Crippen molar-refractivity contribution in [3.05, 3.63) is 47.3 Å². The molecule has 0 atom stereocenters. The first-order chi connectivity index (χ1) is 8.27. The first kappa shape index (κ1) is 9.77. The van der Waals surface area contributed by atoms with Gasteiger partial charge in [-0.25, -0.2) is 4.98 Å². The molecule has 0 fully saturated rings. The third kappa shape index (κ3) is 1.44. The number of H-pyrrole nitrogens is 1. The van der Waals surface area contributed by atoms with Gasteiger partial charge in [-0.1, -0.05) is 6.07 Å². The van der Waals surface area contributed by atoms with Gasteiger partial charge in [-0.05, 0) is 12.1 Å². The van der Waals surface area contributed by atoms with E-state index in [1.165, 1.54) is 10.9 Å². The predicted molar refractivity (Wildman–Crippen MR) is 64.6 cm³/mol. The summed E-state index contributed by atoms with van der Waals surface area (Å²) in [5, 5.41) is 0. The summed E-state index contributed by atoms with van der Waals surface area (Å²) in [6.07, 6.45) is 5.00. The van der Waals surface area contributed by atoms with E-state index in [0.717, 1.165) is 11.3 Å². The third-order valence-electron chi connectivity index (χ3n) is 2.69. The molecule has 1 N–H and O–H groups in total. The summed E-state index contributed by atoms with van der Waals surface area (Å²) < 4.78 is 1.45. The van der Waals surface area contributed by atoms with E-state index in [0.29, 0.717) is 11.0 Å². The summed E-state index contributed by atoms with van der Waals surface area (Å²) in [5.41, 5.74) is 2.73. The van der Waals surface area contributed by atoms with Gasteiger partial charge in [0.05, 0.1) is 12.0 Å². The topological polar surface area (TPSA) is 63.6 Å². The molecule has 84 valence electrons. The second kappa shape index (κ2) is 3.55. The Kier molecular flexibility index (Phi) is 2.04. The number of nitrogens with zero attached hydrogens (tertiary/aromatic N) is 3. The minimum atomic E-state index is -0.0859. The lowest BCUT2D eigenvalue weighted by atomic mass is 10.2. The van der Waals surface area contributed by atoms with Crippen LogP contribution in [0, 0.1) is 0 Å². The predicted octanol–water partition coefficient (Wildman–Crippen LogP) is 1.32. The molecule has 0 aliphatic heterocycles. The zero-order valence-electron chi connectivity index (χ0n) is 9.21. The minimum absolute atomic E-state index is 0.0859. The highest BCUT2D eigenvalue weighted by Gasteiger charge is 2.11. The Bertz CT molecular complexity index is 727. The summed E-state index contributed by atoms with van der Waals surface area (Å²) in [5.74, 6) is 0. The van der Waals surface area contributed by atoms with Crippen LogP contribution in [0.3, 0.4) is 0 Å². The molecule has 3 heterocycles. The van der Waals surface area contributed by atoms with E-state index in [-0.39, 0.29) is 5.56 Å². The van der Waals surface area contributed by atoms with Gasteiger partial charge in [-0.15, -0.1) is 0 Å². The molecule has 0 saturated heterocycles. The normalized spacial score (nSPS) is 10.9. The highest BCUT2D eigenvalue weighted by Crippen LogP contribution is 2.22. The molecule has 5 nitrogen and oxygen atoms in total. The molecule has 0 aliphatic rings. The number of fused-ring (bicyclic) bond motifs is 1. The molecule has 0 bridgehead atoms. The van der Waals surface area contributed by atoms with E-state index in [4.69, 9.17) is 0 Å². The Morgan fingerprint density at radius 3 is 2.94 bits per heavy atom. The summed E-state index contributed by atoms with van der Waals surface area (Å²) in [7, 11) is 1.68. The van der Waals surface area contributed by atoms with Crippen molar-refractivity contribution in [2.45, 2.75) is 0 Å². The van der Waals surface area contributed by atoms with Crippen LogP contribution < -0.4 is 5.56 Å². The average Bonchev–Trinajstić information content (AvgIpc) is 2.79. The largest absolute Gasteiger partial charge is 0.355 e. The molecule has 3 aromatic rings. The smallest absolute Gasteiger partial charge is 0.277 e. The van der Waals surface area contributed by atoms with E-state index in [1.54, 1.807) is 19.4 Å². The second-order valence-corrected chi connectivity index (χ2v) is 3.80. The summed E-state index contributed by atoms with van der Waals surface area (Å²) in [6.45, 7) is 0. The number of pyridine rings is 1. The molecule has 0 amide bonds.